The lowest BCUT2D eigenvalue weighted by Crippen LogP contribution is -2.41. The number of anilines is 1. The van der Waals surface area contributed by atoms with Crippen LogP contribution in [0.3, 0.4) is 0 Å². The van der Waals surface area contributed by atoms with E-state index in [1.807, 2.05) is 19.1 Å². The van der Waals surface area contributed by atoms with E-state index in [-0.39, 0.29) is 5.82 Å². The number of benzene rings is 1. The number of hydrogen-bond acceptors (Lipinski definition) is 5. The molecule has 2 heterocycles. The summed E-state index contributed by atoms with van der Waals surface area (Å²) < 4.78 is 34.1. The van der Waals surface area contributed by atoms with E-state index in [0.717, 1.165) is 43.0 Å². The minimum atomic E-state index is -3.64. The maximum Gasteiger partial charge on any atom is 0.351 e. The molecule has 3 atom stereocenters. The zero-order valence-electron chi connectivity index (χ0n) is 16.7. The second-order valence-electron chi connectivity index (χ2n) is 7.91. The maximum atomic E-state index is 14.2. The van der Waals surface area contributed by atoms with Gasteiger partial charge in [0.25, 0.3) is 5.91 Å². The standard InChI is InChI=1S/C21H23F2N3O4/c1-11-9-13-5-3-4-6-14(13)10-15(11)18(28)24-16-7-8-26(20(29)25-16)19-21(22,23)17(27)12(2)30-19/h7-10,12,17,19,27H,3-6H2,1-2H3,(H,24,25,28,29). The normalized spacial score (nSPS) is 25.0. The third-order valence-electron chi connectivity index (χ3n) is 5.77. The lowest BCUT2D eigenvalue weighted by molar-refractivity contribution is -0.140. The summed E-state index contributed by atoms with van der Waals surface area (Å²) in [4.78, 5) is 28.7. The number of carbonyl (C=O) groups excluding carboxylic acids is 1. The van der Waals surface area contributed by atoms with Crippen LogP contribution in [0.2, 0.25) is 0 Å². The molecule has 1 aliphatic carbocycles. The van der Waals surface area contributed by atoms with E-state index in [4.69, 9.17) is 4.74 Å². The summed E-state index contributed by atoms with van der Waals surface area (Å²) in [5.41, 5.74) is 2.70. The van der Waals surface area contributed by atoms with Crippen LogP contribution in [-0.2, 0) is 17.6 Å². The van der Waals surface area contributed by atoms with Gasteiger partial charge in [-0.25, -0.2) is 4.79 Å². The zero-order chi connectivity index (χ0) is 21.6. The van der Waals surface area contributed by atoms with Crippen molar-refractivity contribution in [3.05, 3.63) is 57.1 Å². The number of nitrogens with zero attached hydrogens (tertiary/aromatic N) is 2. The molecule has 3 unspecified atom stereocenters. The number of amides is 1. The molecule has 9 heteroatoms. The van der Waals surface area contributed by atoms with Crippen molar-refractivity contribution in [3.8, 4) is 0 Å². The fraction of sp³-hybridized carbons (Fsp3) is 0.476. The molecule has 1 saturated heterocycles. The number of nitrogens with one attached hydrogen (secondary N) is 1. The van der Waals surface area contributed by atoms with Crippen LogP contribution in [0.5, 0.6) is 0 Å². The Labute approximate surface area is 171 Å². The molecule has 0 bridgehead atoms. The Morgan fingerprint density at radius 2 is 1.97 bits per heavy atom. The Balaban J connectivity index is 1.56. The lowest BCUT2D eigenvalue weighted by Gasteiger charge is -2.21. The van der Waals surface area contributed by atoms with Gasteiger partial charge < -0.3 is 15.2 Å². The number of halogens is 2. The van der Waals surface area contributed by atoms with E-state index in [2.05, 4.69) is 10.3 Å². The summed E-state index contributed by atoms with van der Waals surface area (Å²) in [5, 5.41) is 12.2. The maximum absolute atomic E-state index is 14.2. The average Bonchev–Trinajstić information content (AvgIpc) is 2.90. The molecule has 0 spiro atoms. The quantitative estimate of drug-likeness (QED) is 0.798. The SMILES string of the molecule is Cc1cc2c(cc1C(=O)Nc1ccn(C3OC(C)C(O)C3(F)F)c(=O)n1)CCCC2. The number of carbonyl (C=O) groups is 1. The van der Waals surface area contributed by atoms with Crippen molar-refractivity contribution in [2.75, 3.05) is 5.32 Å². The Kier molecular flexibility index (Phi) is 5.19. The Morgan fingerprint density at radius 3 is 2.57 bits per heavy atom. The smallest absolute Gasteiger partial charge is 0.351 e. The van der Waals surface area contributed by atoms with Crippen LogP contribution in [0, 0.1) is 6.92 Å². The lowest BCUT2D eigenvalue weighted by atomic mass is 9.88. The van der Waals surface area contributed by atoms with Crippen molar-refractivity contribution in [1.29, 1.82) is 0 Å². The molecule has 30 heavy (non-hydrogen) atoms. The van der Waals surface area contributed by atoms with Crippen molar-refractivity contribution < 1.29 is 23.4 Å². The van der Waals surface area contributed by atoms with E-state index >= 15 is 0 Å². The number of ether oxygens (including phenoxy) is 1. The van der Waals surface area contributed by atoms with Crippen LogP contribution in [0.1, 0.15) is 53.0 Å². The van der Waals surface area contributed by atoms with Gasteiger partial charge in [-0.3, -0.25) is 9.36 Å². The molecule has 7 nitrogen and oxygen atoms in total. The zero-order valence-corrected chi connectivity index (χ0v) is 16.7. The highest BCUT2D eigenvalue weighted by Gasteiger charge is 2.58. The van der Waals surface area contributed by atoms with Gasteiger partial charge in [0.05, 0.1) is 6.10 Å². The van der Waals surface area contributed by atoms with Crippen LogP contribution in [-0.4, -0.2) is 38.7 Å². The van der Waals surface area contributed by atoms with E-state index < -0.39 is 36.0 Å². The molecule has 2 aliphatic rings. The van der Waals surface area contributed by atoms with Crippen molar-refractivity contribution in [1.82, 2.24) is 9.55 Å². The van der Waals surface area contributed by atoms with E-state index in [9.17, 15) is 23.5 Å². The molecular formula is C21H23F2N3O4. The van der Waals surface area contributed by atoms with E-state index in [1.54, 1.807) is 0 Å². The summed E-state index contributed by atoms with van der Waals surface area (Å²) in [5.74, 6) is -4.11. The number of aliphatic hydroxyl groups excluding tert-OH is 1. The molecule has 1 aromatic heterocycles. The van der Waals surface area contributed by atoms with Crippen LogP contribution in [0.25, 0.3) is 0 Å². The van der Waals surface area contributed by atoms with Gasteiger partial charge in [-0.15, -0.1) is 0 Å². The Bertz CT molecular complexity index is 1050. The summed E-state index contributed by atoms with van der Waals surface area (Å²) >= 11 is 0. The van der Waals surface area contributed by atoms with E-state index in [1.165, 1.54) is 18.6 Å². The van der Waals surface area contributed by atoms with Gasteiger partial charge in [0.15, 0.2) is 0 Å². The van der Waals surface area contributed by atoms with E-state index in [0.29, 0.717) is 10.1 Å². The van der Waals surface area contributed by atoms with Gasteiger partial charge in [0, 0.05) is 11.8 Å². The summed E-state index contributed by atoms with van der Waals surface area (Å²) in [6.07, 6.45) is 0.0895. The van der Waals surface area contributed by atoms with Gasteiger partial charge in [-0.1, -0.05) is 6.07 Å². The monoisotopic (exact) mass is 419 g/mol. The van der Waals surface area contributed by atoms with Crippen LogP contribution >= 0.6 is 0 Å². The highest BCUT2D eigenvalue weighted by molar-refractivity contribution is 6.05. The minimum absolute atomic E-state index is 0.0479. The largest absolute Gasteiger partial charge is 0.384 e. The molecule has 1 fully saturated rings. The molecule has 2 aromatic rings. The number of alkyl halides is 2. The van der Waals surface area contributed by atoms with Crippen molar-refractivity contribution >= 4 is 11.7 Å². The number of aryl methyl sites for hydroxylation is 3. The fourth-order valence-corrected chi connectivity index (χ4v) is 4.08. The minimum Gasteiger partial charge on any atom is -0.384 e. The van der Waals surface area contributed by atoms with Gasteiger partial charge in [0.1, 0.15) is 11.9 Å². The molecule has 1 aliphatic heterocycles. The molecule has 4 rings (SSSR count). The second-order valence-corrected chi connectivity index (χ2v) is 7.91. The summed E-state index contributed by atoms with van der Waals surface area (Å²) in [7, 11) is 0. The average molecular weight is 419 g/mol. The predicted molar refractivity (Wildman–Crippen MR) is 105 cm³/mol. The number of fused-ring (bicyclic) bond motifs is 1. The first-order valence-electron chi connectivity index (χ1n) is 9.92. The summed E-state index contributed by atoms with van der Waals surface area (Å²) in [6, 6.07) is 5.14. The number of hydrogen-bond donors (Lipinski definition) is 2. The number of aliphatic hydroxyl groups is 1. The molecule has 2 N–H and O–H groups in total. The molecular weight excluding hydrogens is 396 g/mol. The first-order valence-corrected chi connectivity index (χ1v) is 9.92. The van der Waals surface area contributed by atoms with Gasteiger partial charge in [-0.2, -0.15) is 13.8 Å². The second kappa shape index (κ2) is 7.55. The van der Waals surface area contributed by atoms with Crippen molar-refractivity contribution in [2.24, 2.45) is 0 Å². The Hall–Kier alpha value is -2.65. The van der Waals surface area contributed by atoms with Crippen LogP contribution in [0.15, 0.2) is 29.2 Å². The third-order valence-corrected chi connectivity index (χ3v) is 5.77. The fourth-order valence-electron chi connectivity index (χ4n) is 4.08. The first-order chi connectivity index (χ1) is 14.2. The molecule has 160 valence electrons. The van der Waals surface area contributed by atoms with Gasteiger partial charge in [0.2, 0.25) is 6.23 Å². The first kappa shape index (κ1) is 20.6. The molecule has 0 saturated carbocycles. The molecule has 1 aromatic carbocycles. The van der Waals surface area contributed by atoms with Crippen LogP contribution < -0.4 is 11.0 Å². The molecule has 1 amide bonds. The number of aromatic nitrogens is 2. The topological polar surface area (TPSA) is 93.5 Å². The Morgan fingerprint density at radius 1 is 1.30 bits per heavy atom. The number of rotatable bonds is 3. The third kappa shape index (κ3) is 3.52. The van der Waals surface area contributed by atoms with Crippen molar-refractivity contribution in [3.63, 3.8) is 0 Å². The van der Waals surface area contributed by atoms with Crippen LogP contribution in [0.4, 0.5) is 14.6 Å². The molecule has 0 radical (unpaired) electrons. The summed E-state index contributed by atoms with van der Waals surface area (Å²) in [6.45, 7) is 3.15. The van der Waals surface area contributed by atoms with Crippen molar-refractivity contribution in [2.45, 2.75) is 63.9 Å². The van der Waals surface area contributed by atoms with Gasteiger partial charge in [-0.05, 0) is 68.4 Å². The predicted octanol–water partition coefficient (Wildman–Crippen LogP) is 2.60. The highest BCUT2D eigenvalue weighted by atomic mass is 19.3. The van der Waals surface area contributed by atoms with Gasteiger partial charge >= 0.3 is 11.6 Å². The highest BCUT2D eigenvalue weighted by Crippen LogP contribution is 2.41.